The maximum absolute atomic E-state index is 6.38. The zero-order valence-electron chi connectivity index (χ0n) is 18.5. The van der Waals surface area contributed by atoms with Crippen LogP contribution in [0.1, 0.15) is 5.56 Å². The molecule has 4 nitrogen and oxygen atoms in total. The summed E-state index contributed by atoms with van der Waals surface area (Å²) in [7, 11) is 0. The minimum atomic E-state index is 0.628. The molecule has 0 unspecified atom stereocenters. The second-order valence-electron chi connectivity index (χ2n) is 8.55. The summed E-state index contributed by atoms with van der Waals surface area (Å²) in [5.41, 5.74) is 7.36. The van der Waals surface area contributed by atoms with Crippen LogP contribution in [0.15, 0.2) is 102 Å². The monoisotopic (exact) mass is 437 g/mol. The van der Waals surface area contributed by atoms with Gasteiger partial charge in [0.25, 0.3) is 0 Å². The standard InChI is InChI=1S/C30H19N3O/c1-18-7-5-10-21-20(18)13-14-24-27(21)31-17-32-28(24)25-12-6-11-22-23-15-16-26(19-8-3-2-4-9-19)33-30(23)34-29(22)25/h2-17H,1H3. The van der Waals surface area contributed by atoms with E-state index in [0.29, 0.717) is 5.71 Å². The van der Waals surface area contributed by atoms with E-state index < -0.39 is 0 Å². The van der Waals surface area contributed by atoms with Gasteiger partial charge in [-0.2, -0.15) is 0 Å². The second-order valence-corrected chi connectivity index (χ2v) is 8.55. The van der Waals surface area contributed by atoms with Gasteiger partial charge in [0, 0.05) is 32.7 Å². The SMILES string of the molecule is Cc1cccc2c1ccc1c(-c3cccc4c3oc3nc(-c5ccccc5)ccc34)ncnc12. The van der Waals surface area contributed by atoms with Gasteiger partial charge in [0.15, 0.2) is 0 Å². The van der Waals surface area contributed by atoms with Crippen LogP contribution in [0.3, 0.4) is 0 Å². The average molecular weight is 438 g/mol. The quantitative estimate of drug-likeness (QED) is 0.260. The first-order valence-electron chi connectivity index (χ1n) is 11.3. The predicted molar refractivity (Wildman–Crippen MR) is 138 cm³/mol. The summed E-state index contributed by atoms with van der Waals surface area (Å²) in [6.45, 7) is 2.13. The molecule has 0 radical (unpaired) electrons. The fourth-order valence-corrected chi connectivity index (χ4v) is 4.89. The number of hydrogen-bond acceptors (Lipinski definition) is 4. The van der Waals surface area contributed by atoms with E-state index in [9.17, 15) is 0 Å². The minimum Gasteiger partial charge on any atom is -0.437 e. The average Bonchev–Trinajstić information content (AvgIpc) is 3.27. The van der Waals surface area contributed by atoms with E-state index in [-0.39, 0.29) is 0 Å². The molecule has 160 valence electrons. The molecule has 4 heteroatoms. The van der Waals surface area contributed by atoms with Crippen molar-refractivity contribution in [2.75, 3.05) is 0 Å². The molecule has 3 aromatic heterocycles. The van der Waals surface area contributed by atoms with Crippen LogP contribution < -0.4 is 0 Å². The van der Waals surface area contributed by atoms with Crippen LogP contribution in [-0.4, -0.2) is 15.0 Å². The van der Waals surface area contributed by atoms with Crippen molar-refractivity contribution in [1.82, 2.24) is 15.0 Å². The molecule has 0 N–H and O–H groups in total. The van der Waals surface area contributed by atoms with Crippen molar-refractivity contribution >= 4 is 43.7 Å². The van der Waals surface area contributed by atoms with Gasteiger partial charge in [-0.25, -0.2) is 15.0 Å². The lowest BCUT2D eigenvalue weighted by Crippen LogP contribution is -1.91. The van der Waals surface area contributed by atoms with E-state index >= 15 is 0 Å². The minimum absolute atomic E-state index is 0.628. The molecule has 0 atom stereocenters. The van der Waals surface area contributed by atoms with E-state index in [2.05, 4.69) is 78.6 Å². The lowest BCUT2D eigenvalue weighted by Gasteiger charge is -2.09. The highest BCUT2D eigenvalue weighted by Gasteiger charge is 2.17. The Morgan fingerprint density at radius 1 is 0.618 bits per heavy atom. The van der Waals surface area contributed by atoms with Crippen molar-refractivity contribution in [3.05, 3.63) is 103 Å². The van der Waals surface area contributed by atoms with E-state index in [0.717, 1.165) is 55.2 Å². The van der Waals surface area contributed by atoms with E-state index in [1.165, 1.54) is 10.9 Å². The van der Waals surface area contributed by atoms with Gasteiger partial charge in [0.1, 0.15) is 11.9 Å². The predicted octanol–water partition coefficient (Wildman–Crippen LogP) is 7.72. The number of nitrogens with zero attached hydrogens (tertiary/aromatic N) is 3. The van der Waals surface area contributed by atoms with Gasteiger partial charge in [0.2, 0.25) is 5.71 Å². The number of rotatable bonds is 2. The first-order valence-corrected chi connectivity index (χ1v) is 11.3. The van der Waals surface area contributed by atoms with Gasteiger partial charge < -0.3 is 4.42 Å². The Balaban J connectivity index is 1.49. The first-order chi connectivity index (χ1) is 16.8. The lowest BCUT2D eigenvalue weighted by atomic mass is 9.99. The molecule has 0 saturated heterocycles. The van der Waals surface area contributed by atoms with Crippen LogP contribution in [0, 0.1) is 6.92 Å². The number of aryl methyl sites for hydroxylation is 1. The summed E-state index contributed by atoms with van der Waals surface area (Å²) in [6, 6.07) is 31.1. The number of pyridine rings is 1. The van der Waals surface area contributed by atoms with Crippen LogP contribution in [0.4, 0.5) is 0 Å². The largest absolute Gasteiger partial charge is 0.437 e. The highest BCUT2D eigenvalue weighted by Crippen LogP contribution is 2.38. The molecule has 7 aromatic rings. The molecule has 0 bridgehead atoms. The summed E-state index contributed by atoms with van der Waals surface area (Å²) >= 11 is 0. The first kappa shape index (κ1) is 18.9. The van der Waals surface area contributed by atoms with Crippen molar-refractivity contribution < 1.29 is 4.42 Å². The van der Waals surface area contributed by atoms with E-state index in [1.807, 2.05) is 24.3 Å². The van der Waals surface area contributed by atoms with E-state index in [4.69, 9.17) is 14.4 Å². The summed E-state index contributed by atoms with van der Waals surface area (Å²) < 4.78 is 6.38. The van der Waals surface area contributed by atoms with Gasteiger partial charge in [-0.15, -0.1) is 0 Å². The summed E-state index contributed by atoms with van der Waals surface area (Å²) in [5.74, 6) is 0. The van der Waals surface area contributed by atoms with Crippen LogP contribution in [0.25, 0.3) is 66.3 Å². The fourth-order valence-electron chi connectivity index (χ4n) is 4.89. The third-order valence-electron chi connectivity index (χ3n) is 6.57. The van der Waals surface area contributed by atoms with Gasteiger partial charge in [-0.05, 0) is 42.1 Å². The second kappa shape index (κ2) is 7.22. The number of benzene rings is 4. The molecule has 3 heterocycles. The highest BCUT2D eigenvalue weighted by molar-refractivity contribution is 6.14. The fraction of sp³-hybridized carbons (Fsp3) is 0.0333. The number of fused-ring (bicyclic) bond motifs is 6. The van der Waals surface area contributed by atoms with Crippen molar-refractivity contribution in [3.8, 4) is 22.5 Å². The van der Waals surface area contributed by atoms with Crippen molar-refractivity contribution in [1.29, 1.82) is 0 Å². The van der Waals surface area contributed by atoms with Crippen LogP contribution in [-0.2, 0) is 0 Å². The molecule has 34 heavy (non-hydrogen) atoms. The summed E-state index contributed by atoms with van der Waals surface area (Å²) in [6.07, 6.45) is 1.65. The Morgan fingerprint density at radius 2 is 1.41 bits per heavy atom. The smallest absolute Gasteiger partial charge is 0.227 e. The van der Waals surface area contributed by atoms with Crippen molar-refractivity contribution in [2.45, 2.75) is 6.92 Å². The topological polar surface area (TPSA) is 51.8 Å². The zero-order valence-corrected chi connectivity index (χ0v) is 18.5. The Bertz CT molecular complexity index is 1870. The normalized spacial score (nSPS) is 11.7. The third kappa shape index (κ3) is 2.75. The van der Waals surface area contributed by atoms with Gasteiger partial charge in [-0.1, -0.05) is 66.7 Å². The Morgan fingerprint density at radius 3 is 2.32 bits per heavy atom. The molecule has 4 aromatic carbocycles. The molecule has 0 saturated carbocycles. The third-order valence-corrected chi connectivity index (χ3v) is 6.57. The maximum atomic E-state index is 6.38. The van der Waals surface area contributed by atoms with Gasteiger partial charge in [0.05, 0.1) is 16.9 Å². The maximum Gasteiger partial charge on any atom is 0.227 e. The van der Waals surface area contributed by atoms with E-state index in [1.54, 1.807) is 6.33 Å². The van der Waals surface area contributed by atoms with Crippen LogP contribution in [0.2, 0.25) is 0 Å². The van der Waals surface area contributed by atoms with Gasteiger partial charge >= 0.3 is 0 Å². The molecule has 7 rings (SSSR count). The number of furan rings is 1. The van der Waals surface area contributed by atoms with Crippen molar-refractivity contribution in [2.24, 2.45) is 0 Å². The highest BCUT2D eigenvalue weighted by atomic mass is 16.3. The van der Waals surface area contributed by atoms with Crippen LogP contribution in [0.5, 0.6) is 0 Å². The van der Waals surface area contributed by atoms with Crippen molar-refractivity contribution in [3.63, 3.8) is 0 Å². The molecular weight excluding hydrogens is 418 g/mol. The molecule has 0 fully saturated rings. The summed E-state index contributed by atoms with van der Waals surface area (Å²) in [4.78, 5) is 14.2. The molecule has 0 amide bonds. The summed E-state index contributed by atoms with van der Waals surface area (Å²) in [5, 5.41) is 5.37. The lowest BCUT2D eigenvalue weighted by molar-refractivity contribution is 0.655. The Hall–Kier alpha value is -4.57. The molecule has 0 spiro atoms. The van der Waals surface area contributed by atoms with Crippen LogP contribution >= 0.6 is 0 Å². The number of aromatic nitrogens is 3. The Kier molecular flexibility index (Phi) is 4.02. The number of para-hydroxylation sites is 1. The molecule has 0 aliphatic carbocycles. The Labute approximate surface area is 195 Å². The molecule has 0 aliphatic heterocycles. The zero-order chi connectivity index (χ0) is 22.6. The molecular formula is C30H19N3O. The number of hydrogen-bond donors (Lipinski definition) is 0. The van der Waals surface area contributed by atoms with Gasteiger partial charge in [-0.3, -0.25) is 0 Å². The molecule has 0 aliphatic rings.